The number of rotatable bonds is 2. The number of pyridine rings is 1. The number of nitrogens with zero attached hydrogens (tertiary/aromatic N) is 1. The predicted octanol–water partition coefficient (Wildman–Crippen LogP) is 0.972. The smallest absolute Gasteiger partial charge is 0.225 e. The highest BCUT2D eigenvalue weighted by molar-refractivity contribution is 5.92. The predicted molar refractivity (Wildman–Crippen MR) is 57.3 cm³/mol. The zero-order valence-corrected chi connectivity index (χ0v) is 8.23. The molecule has 0 aliphatic carbocycles. The van der Waals surface area contributed by atoms with Crippen LogP contribution in [0.5, 0.6) is 0 Å². The molecule has 0 atom stereocenters. The van der Waals surface area contributed by atoms with Gasteiger partial charge in [-0.25, -0.2) is 4.98 Å². The standard InChI is InChI=1S/C11H12N2O2/c14-5-1-2-8-6-9-3-4-10(15)13-11(9)12-7-8/h1-2,6-7,14H,3-5H2,(H,12,13,15). The molecular formula is C11H12N2O2. The quantitative estimate of drug-likeness (QED) is 0.754. The summed E-state index contributed by atoms with van der Waals surface area (Å²) in [6.45, 7) is 0.0216. The van der Waals surface area contributed by atoms with Crippen molar-refractivity contribution in [3.05, 3.63) is 29.5 Å². The molecular weight excluding hydrogens is 192 g/mol. The number of amides is 1. The van der Waals surface area contributed by atoms with E-state index in [9.17, 15) is 4.79 Å². The highest BCUT2D eigenvalue weighted by atomic mass is 16.2. The number of hydrogen-bond acceptors (Lipinski definition) is 3. The summed E-state index contributed by atoms with van der Waals surface area (Å²) in [5.74, 6) is 0.682. The highest BCUT2D eigenvalue weighted by Gasteiger charge is 2.15. The van der Waals surface area contributed by atoms with E-state index in [0.29, 0.717) is 12.2 Å². The Bertz CT molecular complexity index is 413. The second kappa shape index (κ2) is 4.23. The Morgan fingerprint density at radius 1 is 1.53 bits per heavy atom. The first-order valence-corrected chi connectivity index (χ1v) is 4.86. The van der Waals surface area contributed by atoms with Gasteiger partial charge in [-0.1, -0.05) is 12.2 Å². The van der Waals surface area contributed by atoms with E-state index >= 15 is 0 Å². The summed E-state index contributed by atoms with van der Waals surface area (Å²) in [5.41, 5.74) is 1.99. The lowest BCUT2D eigenvalue weighted by Gasteiger charge is -2.15. The average Bonchev–Trinajstić information content (AvgIpc) is 2.26. The molecule has 0 aromatic carbocycles. The van der Waals surface area contributed by atoms with Gasteiger partial charge >= 0.3 is 0 Å². The molecule has 1 aromatic rings. The maximum Gasteiger partial charge on any atom is 0.225 e. The number of carbonyl (C=O) groups excluding carboxylic acids is 1. The summed E-state index contributed by atoms with van der Waals surface area (Å²) in [4.78, 5) is 15.2. The molecule has 0 unspecified atom stereocenters. The van der Waals surface area contributed by atoms with Crippen LogP contribution in [0.15, 0.2) is 18.3 Å². The molecule has 0 radical (unpaired) electrons. The van der Waals surface area contributed by atoms with Crippen LogP contribution in [-0.2, 0) is 11.2 Å². The van der Waals surface area contributed by atoms with Crippen LogP contribution in [0.1, 0.15) is 17.5 Å². The fourth-order valence-corrected chi connectivity index (χ4v) is 1.55. The van der Waals surface area contributed by atoms with Crippen LogP contribution < -0.4 is 5.32 Å². The SMILES string of the molecule is O=C1CCc2cc(C=CCO)cnc2N1. The molecule has 0 saturated heterocycles. The number of anilines is 1. The summed E-state index contributed by atoms with van der Waals surface area (Å²) in [6.07, 6.45) is 6.39. The Morgan fingerprint density at radius 3 is 3.20 bits per heavy atom. The minimum Gasteiger partial charge on any atom is -0.392 e. The maximum absolute atomic E-state index is 11.1. The molecule has 1 aromatic heterocycles. The van der Waals surface area contributed by atoms with Gasteiger partial charge in [-0.15, -0.1) is 0 Å². The fourth-order valence-electron chi connectivity index (χ4n) is 1.55. The Morgan fingerprint density at radius 2 is 2.40 bits per heavy atom. The molecule has 4 nitrogen and oxygen atoms in total. The van der Waals surface area contributed by atoms with Gasteiger partial charge < -0.3 is 10.4 Å². The van der Waals surface area contributed by atoms with Gasteiger partial charge in [0.05, 0.1) is 6.61 Å². The third-order valence-corrected chi connectivity index (χ3v) is 2.28. The van der Waals surface area contributed by atoms with Crippen LogP contribution in [0.4, 0.5) is 5.82 Å². The van der Waals surface area contributed by atoms with E-state index in [1.165, 1.54) is 0 Å². The van der Waals surface area contributed by atoms with E-state index < -0.39 is 0 Å². The zero-order valence-electron chi connectivity index (χ0n) is 8.23. The molecule has 78 valence electrons. The van der Waals surface area contributed by atoms with Gasteiger partial charge in [-0.05, 0) is 23.6 Å². The number of aromatic nitrogens is 1. The summed E-state index contributed by atoms with van der Waals surface area (Å²) >= 11 is 0. The molecule has 2 heterocycles. The van der Waals surface area contributed by atoms with Crippen molar-refractivity contribution in [3.63, 3.8) is 0 Å². The van der Waals surface area contributed by atoms with E-state index in [-0.39, 0.29) is 12.5 Å². The van der Waals surface area contributed by atoms with Crippen molar-refractivity contribution in [2.75, 3.05) is 11.9 Å². The van der Waals surface area contributed by atoms with E-state index in [2.05, 4.69) is 10.3 Å². The van der Waals surface area contributed by atoms with Crippen molar-refractivity contribution in [1.82, 2.24) is 4.98 Å². The molecule has 4 heteroatoms. The lowest BCUT2D eigenvalue weighted by molar-refractivity contribution is -0.116. The summed E-state index contributed by atoms with van der Waals surface area (Å²) in [6, 6.07) is 1.98. The molecule has 0 fully saturated rings. The van der Waals surface area contributed by atoms with E-state index in [1.54, 1.807) is 12.3 Å². The molecule has 2 rings (SSSR count). The van der Waals surface area contributed by atoms with Crippen molar-refractivity contribution in [2.24, 2.45) is 0 Å². The number of carbonyl (C=O) groups is 1. The molecule has 2 N–H and O–H groups in total. The Balaban J connectivity index is 2.26. The van der Waals surface area contributed by atoms with E-state index in [0.717, 1.165) is 17.5 Å². The van der Waals surface area contributed by atoms with Crippen LogP contribution in [0.2, 0.25) is 0 Å². The minimum atomic E-state index is 0.0216. The largest absolute Gasteiger partial charge is 0.392 e. The van der Waals surface area contributed by atoms with Crippen LogP contribution in [0, 0.1) is 0 Å². The van der Waals surface area contributed by atoms with Crippen molar-refractivity contribution >= 4 is 17.8 Å². The van der Waals surface area contributed by atoms with Gasteiger partial charge in [0.1, 0.15) is 5.82 Å². The Kier molecular flexibility index (Phi) is 2.78. The first-order chi connectivity index (χ1) is 7.29. The molecule has 1 aliphatic heterocycles. The lowest BCUT2D eigenvalue weighted by Crippen LogP contribution is -2.20. The number of aliphatic hydroxyl groups excluding tert-OH is 1. The Labute approximate surface area is 87.7 Å². The maximum atomic E-state index is 11.1. The molecule has 15 heavy (non-hydrogen) atoms. The van der Waals surface area contributed by atoms with Crippen molar-refractivity contribution in [2.45, 2.75) is 12.8 Å². The summed E-state index contributed by atoms with van der Waals surface area (Å²) in [7, 11) is 0. The third kappa shape index (κ3) is 2.22. The van der Waals surface area contributed by atoms with Crippen LogP contribution in [-0.4, -0.2) is 22.6 Å². The van der Waals surface area contributed by atoms with Crippen LogP contribution in [0.25, 0.3) is 6.08 Å². The van der Waals surface area contributed by atoms with Gasteiger partial charge in [0.15, 0.2) is 0 Å². The zero-order chi connectivity index (χ0) is 10.7. The number of aryl methyl sites for hydroxylation is 1. The monoisotopic (exact) mass is 204 g/mol. The summed E-state index contributed by atoms with van der Waals surface area (Å²) < 4.78 is 0. The van der Waals surface area contributed by atoms with Crippen LogP contribution >= 0.6 is 0 Å². The molecule has 0 bridgehead atoms. The minimum absolute atomic E-state index is 0.0216. The number of nitrogens with one attached hydrogen (secondary N) is 1. The van der Waals surface area contributed by atoms with Crippen molar-refractivity contribution < 1.29 is 9.90 Å². The normalized spacial score (nSPS) is 15.1. The van der Waals surface area contributed by atoms with Crippen molar-refractivity contribution in [1.29, 1.82) is 0 Å². The summed E-state index contributed by atoms with van der Waals surface area (Å²) in [5, 5.41) is 11.4. The number of aliphatic hydroxyl groups is 1. The topological polar surface area (TPSA) is 62.2 Å². The van der Waals surface area contributed by atoms with Gasteiger partial charge in [0, 0.05) is 12.6 Å². The lowest BCUT2D eigenvalue weighted by atomic mass is 10.0. The number of hydrogen-bond donors (Lipinski definition) is 2. The van der Waals surface area contributed by atoms with Crippen LogP contribution in [0.3, 0.4) is 0 Å². The molecule has 0 spiro atoms. The van der Waals surface area contributed by atoms with Gasteiger partial charge in [0.25, 0.3) is 0 Å². The Hall–Kier alpha value is -1.68. The second-order valence-electron chi connectivity index (χ2n) is 3.41. The number of fused-ring (bicyclic) bond motifs is 1. The van der Waals surface area contributed by atoms with Gasteiger partial charge in [-0.3, -0.25) is 4.79 Å². The van der Waals surface area contributed by atoms with Gasteiger partial charge in [0.2, 0.25) is 5.91 Å². The molecule has 1 amide bonds. The van der Waals surface area contributed by atoms with Gasteiger partial charge in [-0.2, -0.15) is 0 Å². The van der Waals surface area contributed by atoms with Crippen molar-refractivity contribution in [3.8, 4) is 0 Å². The average molecular weight is 204 g/mol. The first-order valence-electron chi connectivity index (χ1n) is 4.86. The second-order valence-corrected chi connectivity index (χ2v) is 3.41. The van der Waals surface area contributed by atoms with E-state index in [1.807, 2.05) is 12.1 Å². The first kappa shape index (κ1) is 9.86. The third-order valence-electron chi connectivity index (χ3n) is 2.28. The molecule has 1 aliphatic rings. The van der Waals surface area contributed by atoms with E-state index in [4.69, 9.17) is 5.11 Å². The fraction of sp³-hybridized carbons (Fsp3) is 0.273. The highest BCUT2D eigenvalue weighted by Crippen LogP contribution is 2.21. The molecule has 0 saturated carbocycles.